The fraction of sp³-hybridized carbons (Fsp3) is 0.188. The summed E-state index contributed by atoms with van der Waals surface area (Å²) in [5, 5.41) is 8.86. The highest BCUT2D eigenvalue weighted by Crippen LogP contribution is 2.36. The second-order valence-electron chi connectivity index (χ2n) is 5.66. The number of aromatic nitrogens is 2. The molecule has 5 nitrogen and oxygen atoms in total. The van der Waals surface area contributed by atoms with Crippen molar-refractivity contribution in [1.29, 1.82) is 0 Å². The van der Waals surface area contributed by atoms with Crippen molar-refractivity contribution in [2.75, 3.05) is 0 Å². The van der Waals surface area contributed by atoms with Crippen LogP contribution in [-0.2, 0) is 4.79 Å². The van der Waals surface area contributed by atoms with Gasteiger partial charge in [0.2, 0.25) is 0 Å². The van der Waals surface area contributed by atoms with Crippen molar-refractivity contribution in [2.24, 2.45) is 0 Å². The molecule has 115 valence electrons. The van der Waals surface area contributed by atoms with Crippen molar-refractivity contribution in [3.8, 4) is 11.4 Å². The zero-order valence-electron chi connectivity index (χ0n) is 12.2. The van der Waals surface area contributed by atoms with Gasteiger partial charge in [-0.3, -0.25) is 4.79 Å². The van der Waals surface area contributed by atoms with Gasteiger partial charge in [-0.05, 0) is 42.8 Å². The van der Waals surface area contributed by atoms with E-state index in [9.17, 15) is 9.18 Å². The molecule has 4 rings (SSSR count). The lowest BCUT2D eigenvalue weighted by Gasteiger charge is -2.31. The maximum absolute atomic E-state index is 14.2. The van der Waals surface area contributed by atoms with Crippen LogP contribution >= 0.6 is 0 Å². The Kier molecular flexibility index (Phi) is 3.14. The van der Waals surface area contributed by atoms with Crippen LogP contribution in [0.2, 0.25) is 0 Å². The smallest absolute Gasteiger partial charge is 0.397 e. The van der Waals surface area contributed by atoms with Gasteiger partial charge in [0.05, 0.1) is 17.1 Å². The molecule has 1 atom stereocenters. The summed E-state index contributed by atoms with van der Waals surface area (Å²) in [6, 6.07) is 7.54. The van der Waals surface area contributed by atoms with Crippen molar-refractivity contribution in [2.45, 2.75) is 18.9 Å². The van der Waals surface area contributed by atoms with Crippen molar-refractivity contribution >= 4 is 19.6 Å². The molecule has 0 aromatic carbocycles. The maximum atomic E-state index is 14.2. The fourth-order valence-corrected chi connectivity index (χ4v) is 3.11. The Morgan fingerprint density at radius 1 is 1.39 bits per heavy atom. The number of rotatable bonds is 4. The summed E-state index contributed by atoms with van der Waals surface area (Å²) in [5.74, 6) is -1.17. The third-order valence-corrected chi connectivity index (χ3v) is 4.22. The number of carboxylic acid groups (broad SMARTS) is 1. The van der Waals surface area contributed by atoms with Gasteiger partial charge in [0.1, 0.15) is 5.83 Å². The number of nitrogens with zero attached hydrogens (tertiary/aromatic N) is 2. The first kappa shape index (κ1) is 13.9. The van der Waals surface area contributed by atoms with Gasteiger partial charge in [-0.15, -0.1) is 0 Å². The van der Waals surface area contributed by atoms with Crippen LogP contribution in [0.1, 0.15) is 18.5 Å². The van der Waals surface area contributed by atoms with Crippen LogP contribution in [0.15, 0.2) is 48.1 Å². The van der Waals surface area contributed by atoms with Crippen molar-refractivity contribution < 1.29 is 14.3 Å². The molecule has 0 fully saturated rings. The summed E-state index contributed by atoms with van der Waals surface area (Å²) in [5.41, 5.74) is 3.33. The van der Waals surface area contributed by atoms with E-state index in [0.29, 0.717) is 12.1 Å². The third-order valence-electron chi connectivity index (χ3n) is 4.22. The van der Waals surface area contributed by atoms with Gasteiger partial charge in [0.15, 0.2) is 0 Å². The summed E-state index contributed by atoms with van der Waals surface area (Å²) in [7, 11) is 1.84. The van der Waals surface area contributed by atoms with Gasteiger partial charge in [0, 0.05) is 24.4 Å². The first-order valence-electron chi connectivity index (χ1n) is 7.43. The number of fused-ring (bicyclic) bond motifs is 2. The lowest BCUT2D eigenvalue weighted by Crippen LogP contribution is -2.39. The van der Waals surface area contributed by atoms with Gasteiger partial charge in [-0.25, -0.2) is 4.39 Å². The minimum Gasteiger partial charge on any atom is -0.481 e. The van der Waals surface area contributed by atoms with Crippen LogP contribution in [0.5, 0.6) is 0 Å². The SMILES string of the molecule is O=C(O)CCC1C=C(F)C2=Cc3ccc(-c4ccc[nH]4)n3[B]N21. The maximum Gasteiger partial charge on any atom is 0.397 e. The number of aromatic amines is 1. The van der Waals surface area contributed by atoms with Crippen LogP contribution in [-0.4, -0.2) is 38.9 Å². The minimum atomic E-state index is -0.873. The average molecular weight is 310 g/mol. The number of H-pyrrole nitrogens is 1. The molecular weight excluding hydrogens is 296 g/mol. The average Bonchev–Trinajstić information content (AvgIpc) is 3.22. The summed E-state index contributed by atoms with van der Waals surface area (Å²) < 4.78 is 16.2. The molecule has 2 aliphatic rings. The quantitative estimate of drug-likeness (QED) is 0.853. The second-order valence-corrected chi connectivity index (χ2v) is 5.66. The first-order valence-corrected chi connectivity index (χ1v) is 7.43. The molecule has 2 N–H and O–H groups in total. The van der Waals surface area contributed by atoms with Crippen LogP contribution in [0.3, 0.4) is 0 Å². The van der Waals surface area contributed by atoms with E-state index in [1.165, 1.54) is 6.08 Å². The molecule has 7 heteroatoms. The highest BCUT2D eigenvalue weighted by molar-refractivity contribution is 6.34. The van der Waals surface area contributed by atoms with Gasteiger partial charge < -0.3 is 19.4 Å². The molecule has 0 saturated carbocycles. The van der Waals surface area contributed by atoms with E-state index < -0.39 is 5.97 Å². The van der Waals surface area contributed by atoms with E-state index in [4.69, 9.17) is 5.11 Å². The summed E-state index contributed by atoms with van der Waals surface area (Å²) in [6.45, 7) is 0. The van der Waals surface area contributed by atoms with E-state index in [2.05, 4.69) is 4.98 Å². The van der Waals surface area contributed by atoms with Crippen LogP contribution in [0, 0.1) is 0 Å². The van der Waals surface area contributed by atoms with Crippen molar-refractivity contribution in [1.82, 2.24) is 14.3 Å². The van der Waals surface area contributed by atoms with Gasteiger partial charge in [-0.2, -0.15) is 0 Å². The number of hydrogen-bond acceptors (Lipinski definition) is 2. The highest BCUT2D eigenvalue weighted by Gasteiger charge is 2.34. The molecule has 1 radical (unpaired) electrons. The largest absolute Gasteiger partial charge is 0.481 e. The molecule has 0 amide bonds. The third kappa shape index (κ3) is 2.28. The number of nitrogens with one attached hydrogen (secondary N) is 1. The number of carboxylic acids is 1. The number of allylic oxidation sites excluding steroid dienone is 1. The molecule has 2 aromatic rings. The molecule has 4 heterocycles. The molecular formula is C16H14BFN3O2. The molecule has 1 unspecified atom stereocenters. The van der Waals surface area contributed by atoms with E-state index in [-0.39, 0.29) is 18.3 Å². The molecule has 0 bridgehead atoms. The summed E-state index contributed by atoms with van der Waals surface area (Å²) >= 11 is 0. The first-order chi connectivity index (χ1) is 11.1. The lowest BCUT2D eigenvalue weighted by molar-refractivity contribution is -0.137. The molecule has 0 saturated heterocycles. The normalized spacial score (nSPS) is 18.8. The Morgan fingerprint density at radius 2 is 2.26 bits per heavy atom. The summed E-state index contributed by atoms with van der Waals surface area (Å²) in [4.78, 5) is 15.8. The van der Waals surface area contributed by atoms with Crippen molar-refractivity contribution in [3.63, 3.8) is 0 Å². The lowest BCUT2D eigenvalue weighted by atomic mass is 9.97. The second kappa shape index (κ2) is 5.19. The van der Waals surface area contributed by atoms with E-state index in [0.717, 1.165) is 17.1 Å². The Bertz CT molecular complexity index is 823. The number of aliphatic carboxylic acids is 1. The van der Waals surface area contributed by atoms with Gasteiger partial charge in [0.25, 0.3) is 0 Å². The summed E-state index contributed by atoms with van der Waals surface area (Å²) in [6.07, 6.45) is 5.51. The van der Waals surface area contributed by atoms with E-state index in [1.54, 1.807) is 10.9 Å². The van der Waals surface area contributed by atoms with Crippen molar-refractivity contribution in [3.05, 3.63) is 53.8 Å². The minimum absolute atomic E-state index is 0.00802. The molecule has 23 heavy (non-hydrogen) atoms. The number of hydrogen-bond donors (Lipinski definition) is 2. The van der Waals surface area contributed by atoms with Crippen LogP contribution < -0.4 is 0 Å². The van der Waals surface area contributed by atoms with E-state index in [1.807, 2.05) is 42.5 Å². The Morgan fingerprint density at radius 3 is 3.00 bits per heavy atom. The Labute approximate surface area is 133 Å². The Hall–Kier alpha value is -2.70. The molecule has 0 aliphatic carbocycles. The molecule has 2 aromatic heterocycles. The predicted octanol–water partition coefficient (Wildman–Crippen LogP) is 2.62. The number of carbonyl (C=O) groups is 1. The zero-order valence-corrected chi connectivity index (χ0v) is 12.2. The zero-order chi connectivity index (χ0) is 16.0. The Balaban J connectivity index is 1.67. The molecule has 0 spiro atoms. The topological polar surface area (TPSA) is 61.3 Å². The van der Waals surface area contributed by atoms with Gasteiger partial charge >= 0.3 is 13.5 Å². The van der Waals surface area contributed by atoms with Gasteiger partial charge in [-0.1, -0.05) is 0 Å². The fourth-order valence-electron chi connectivity index (χ4n) is 3.11. The van der Waals surface area contributed by atoms with E-state index >= 15 is 0 Å². The monoisotopic (exact) mass is 310 g/mol. The highest BCUT2D eigenvalue weighted by atomic mass is 19.1. The van der Waals surface area contributed by atoms with Crippen LogP contribution in [0.25, 0.3) is 17.5 Å². The molecule has 2 aliphatic heterocycles. The standard InChI is InChI=1S/C16H14BFN3O2/c18-12-8-10(4-6-16(22)23)21-15(12)9-11-3-5-14(20(11)17-21)13-2-1-7-19-13/h1-3,5,7-10,19H,4,6H2,(H,22,23). The predicted molar refractivity (Wildman–Crippen MR) is 85.0 cm³/mol. The van der Waals surface area contributed by atoms with Crippen LogP contribution in [0.4, 0.5) is 4.39 Å². The number of halogens is 1.